The van der Waals surface area contributed by atoms with Crippen molar-refractivity contribution in [3.8, 4) is 0 Å². The molecule has 0 spiro atoms. The minimum atomic E-state index is -0.0328. The first-order valence-corrected chi connectivity index (χ1v) is 6.13. The Morgan fingerprint density at radius 2 is 2.41 bits per heavy atom. The second-order valence-electron chi connectivity index (χ2n) is 4.75. The maximum absolute atomic E-state index is 11.9. The van der Waals surface area contributed by atoms with Crippen molar-refractivity contribution < 1.29 is 4.79 Å². The lowest BCUT2D eigenvalue weighted by molar-refractivity contribution is 0.0946. The van der Waals surface area contributed by atoms with Crippen LogP contribution in [0.3, 0.4) is 0 Å². The maximum Gasteiger partial charge on any atom is 0.251 e. The summed E-state index contributed by atoms with van der Waals surface area (Å²) in [5, 5.41) is 2.95. The molecule has 0 aliphatic heterocycles. The number of hydrogen-bond acceptors (Lipinski definition) is 3. The van der Waals surface area contributed by atoms with Crippen LogP contribution in [-0.2, 0) is 0 Å². The minimum Gasteiger partial charge on any atom is -0.352 e. The minimum absolute atomic E-state index is 0.0328. The summed E-state index contributed by atoms with van der Waals surface area (Å²) in [7, 11) is 0. The van der Waals surface area contributed by atoms with Crippen molar-refractivity contribution in [2.75, 3.05) is 6.54 Å². The molecule has 17 heavy (non-hydrogen) atoms. The van der Waals surface area contributed by atoms with Crippen LogP contribution in [0.4, 0.5) is 0 Å². The Labute approximate surface area is 102 Å². The van der Waals surface area contributed by atoms with E-state index in [2.05, 4.69) is 10.3 Å². The van der Waals surface area contributed by atoms with Crippen molar-refractivity contribution in [1.82, 2.24) is 10.3 Å². The highest BCUT2D eigenvalue weighted by Gasteiger charge is 2.24. The van der Waals surface area contributed by atoms with Crippen molar-refractivity contribution in [3.05, 3.63) is 29.6 Å². The van der Waals surface area contributed by atoms with Crippen molar-refractivity contribution >= 4 is 5.91 Å². The summed E-state index contributed by atoms with van der Waals surface area (Å²) in [6, 6.07) is 3.77. The molecule has 1 saturated carbocycles. The second-order valence-corrected chi connectivity index (χ2v) is 4.75. The second kappa shape index (κ2) is 5.27. The van der Waals surface area contributed by atoms with Crippen LogP contribution in [-0.4, -0.2) is 23.5 Å². The number of carbonyl (C=O) groups is 1. The zero-order valence-corrected chi connectivity index (χ0v) is 10.1. The van der Waals surface area contributed by atoms with Crippen LogP contribution >= 0.6 is 0 Å². The Hall–Kier alpha value is -1.42. The monoisotopic (exact) mass is 233 g/mol. The average molecular weight is 233 g/mol. The molecule has 1 aliphatic rings. The van der Waals surface area contributed by atoms with Crippen LogP contribution < -0.4 is 11.1 Å². The van der Waals surface area contributed by atoms with Gasteiger partial charge in [0.25, 0.3) is 5.91 Å². The molecular weight excluding hydrogens is 214 g/mol. The highest BCUT2D eigenvalue weighted by atomic mass is 16.1. The van der Waals surface area contributed by atoms with Gasteiger partial charge in [0.1, 0.15) is 0 Å². The summed E-state index contributed by atoms with van der Waals surface area (Å²) in [5.41, 5.74) is 7.49. The fourth-order valence-electron chi connectivity index (χ4n) is 2.33. The van der Waals surface area contributed by atoms with E-state index in [1.807, 2.05) is 6.92 Å². The molecule has 1 aromatic rings. The molecule has 0 saturated heterocycles. The van der Waals surface area contributed by atoms with E-state index in [1.165, 1.54) is 6.42 Å². The third-order valence-electron chi connectivity index (χ3n) is 3.40. The van der Waals surface area contributed by atoms with Gasteiger partial charge < -0.3 is 11.1 Å². The molecule has 3 N–H and O–H groups in total. The van der Waals surface area contributed by atoms with E-state index in [-0.39, 0.29) is 11.9 Å². The van der Waals surface area contributed by atoms with E-state index in [0.717, 1.165) is 18.5 Å². The quantitative estimate of drug-likeness (QED) is 0.825. The molecule has 2 atom stereocenters. The SMILES string of the molecule is Cc1cc(C(=O)NCC2CCCC2N)ccn1. The number of aryl methyl sites for hydroxylation is 1. The molecule has 1 aliphatic carbocycles. The Kier molecular flexibility index (Phi) is 3.74. The third-order valence-corrected chi connectivity index (χ3v) is 3.40. The largest absolute Gasteiger partial charge is 0.352 e. The summed E-state index contributed by atoms with van der Waals surface area (Å²) in [4.78, 5) is 16.0. The van der Waals surface area contributed by atoms with Gasteiger partial charge in [-0.05, 0) is 37.8 Å². The standard InChI is InChI=1S/C13H19N3O/c1-9-7-10(5-6-15-9)13(17)16-8-11-3-2-4-12(11)14/h5-7,11-12H,2-4,8,14H2,1H3,(H,16,17). The van der Waals surface area contributed by atoms with Crippen LogP contribution in [0.2, 0.25) is 0 Å². The molecule has 2 unspecified atom stereocenters. The van der Waals surface area contributed by atoms with Crippen molar-refractivity contribution in [2.24, 2.45) is 11.7 Å². The smallest absolute Gasteiger partial charge is 0.251 e. The number of rotatable bonds is 3. The van der Waals surface area contributed by atoms with Gasteiger partial charge in [-0.25, -0.2) is 0 Å². The number of nitrogens with two attached hydrogens (primary N) is 1. The fourth-order valence-corrected chi connectivity index (χ4v) is 2.33. The summed E-state index contributed by atoms with van der Waals surface area (Å²) in [6.45, 7) is 2.56. The first-order valence-electron chi connectivity index (χ1n) is 6.13. The van der Waals surface area contributed by atoms with Crippen LogP contribution in [0.25, 0.3) is 0 Å². The molecule has 1 heterocycles. The molecular formula is C13H19N3O. The van der Waals surface area contributed by atoms with Gasteiger partial charge in [0.2, 0.25) is 0 Å². The van der Waals surface area contributed by atoms with Gasteiger partial charge in [0, 0.05) is 30.0 Å². The van der Waals surface area contributed by atoms with Gasteiger partial charge in [-0.15, -0.1) is 0 Å². The molecule has 4 nitrogen and oxygen atoms in total. The Morgan fingerprint density at radius 3 is 3.06 bits per heavy atom. The van der Waals surface area contributed by atoms with Gasteiger partial charge in [0.05, 0.1) is 0 Å². The molecule has 1 fully saturated rings. The lowest BCUT2D eigenvalue weighted by Crippen LogP contribution is -2.36. The average Bonchev–Trinajstić information content (AvgIpc) is 2.72. The number of nitrogens with zero attached hydrogens (tertiary/aromatic N) is 1. The molecule has 2 rings (SSSR count). The summed E-state index contributed by atoms with van der Waals surface area (Å²) in [5.74, 6) is 0.400. The number of amides is 1. The first kappa shape index (κ1) is 12.0. The van der Waals surface area contributed by atoms with Gasteiger partial charge >= 0.3 is 0 Å². The van der Waals surface area contributed by atoms with Crippen molar-refractivity contribution in [2.45, 2.75) is 32.2 Å². The molecule has 4 heteroatoms. The van der Waals surface area contributed by atoms with Crippen LogP contribution in [0.5, 0.6) is 0 Å². The van der Waals surface area contributed by atoms with E-state index in [0.29, 0.717) is 18.0 Å². The number of aromatic nitrogens is 1. The first-order chi connectivity index (χ1) is 8.16. The van der Waals surface area contributed by atoms with Gasteiger partial charge in [0.15, 0.2) is 0 Å². The van der Waals surface area contributed by atoms with E-state index >= 15 is 0 Å². The highest BCUT2D eigenvalue weighted by molar-refractivity contribution is 5.94. The molecule has 1 aromatic heterocycles. The summed E-state index contributed by atoms with van der Waals surface area (Å²) < 4.78 is 0. The normalized spacial score (nSPS) is 23.6. The van der Waals surface area contributed by atoms with E-state index in [4.69, 9.17) is 5.73 Å². The fraction of sp³-hybridized carbons (Fsp3) is 0.538. The maximum atomic E-state index is 11.9. The topological polar surface area (TPSA) is 68.0 Å². The zero-order valence-electron chi connectivity index (χ0n) is 10.1. The Balaban J connectivity index is 1.89. The third kappa shape index (κ3) is 3.03. The molecule has 0 aromatic carbocycles. The molecule has 1 amide bonds. The van der Waals surface area contributed by atoms with E-state index in [9.17, 15) is 4.79 Å². The predicted molar refractivity (Wildman–Crippen MR) is 66.6 cm³/mol. The van der Waals surface area contributed by atoms with Gasteiger partial charge in [-0.2, -0.15) is 0 Å². The van der Waals surface area contributed by atoms with Crippen LogP contribution in [0.1, 0.15) is 35.3 Å². The zero-order chi connectivity index (χ0) is 12.3. The van der Waals surface area contributed by atoms with Crippen LogP contribution in [0.15, 0.2) is 18.3 Å². The van der Waals surface area contributed by atoms with E-state index in [1.54, 1.807) is 18.3 Å². The van der Waals surface area contributed by atoms with Gasteiger partial charge in [-0.1, -0.05) is 6.42 Å². The number of pyridine rings is 1. The highest BCUT2D eigenvalue weighted by Crippen LogP contribution is 2.23. The van der Waals surface area contributed by atoms with Gasteiger partial charge in [-0.3, -0.25) is 9.78 Å². The lowest BCUT2D eigenvalue weighted by atomic mass is 10.0. The van der Waals surface area contributed by atoms with Crippen molar-refractivity contribution in [1.29, 1.82) is 0 Å². The summed E-state index contributed by atoms with van der Waals surface area (Å²) in [6.07, 6.45) is 5.04. The lowest BCUT2D eigenvalue weighted by Gasteiger charge is -2.15. The number of hydrogen-bond donors (Lipinski definition) is 2. The number of carbonyl (C=O) groups excluding carboxylic acids is 1. The van der Waals surface area contributed by atoms with Crippen molar-refractivity contribution in [3.63, 3.8) is 0 Å². The molecule has 92 valence electrons. The molecule has 0 radical (unpaired) electrons. The molecule has 0 bridgehead atoms. The number of nitrogens with one attached hydrogen (secondary N) is 1. The Bertz CT molecular complexity index is 405. The summed E-state index contributed by atoms with van der Waals surface area (Å²) >= 11 is 0. The Morgan fingerprint density at radius 1 is 1.59 bits per heavy atom. The predicted octanol–water partition coefficient (Wildman–Crippen LogP) is 1.25. The van der Waals surface area contributed by atoms with E-state index < -0.39 is 0 Å². The van der Waals surface area contributed by atoms with Crippen LogP contribution in [0, 0.1) is 12.8 Å².